The van der Waals surface area contributed by atoms with E-state index in [4.69, 9.17) is 16.9 Å². The fraction of sp³-hybridized carbons (Fsp3) is 0.267. The van der Waals surface area contributed by atoms with Crippen molar-refractivity contribution in [2.75, 3.05) is 0 Å². The van der Waals surface area contributed by atoms with Crippen molar-refractivity contribution in [3.05, 3.63) is 56.3 Å². The number of rotatable bonds is 4. The number of hydrogen-bond acceptors (Lipinski definition) is 3. The van der Waals surface area contributed by atoms with Crippen LogP contribution in [0.1, 0.15) is 13.3 Å². The summed E-state index contributed by atoms with van der Waals surface area (Å²) < 4.78 is 2.26. The zero-order valence-electron chi connectivity index (χ0n) is 11.5. The van der Waals surface area contributed by atoms with Crippen molar-refractivity contribution < 1.29 is 0 Å². The molecule has 0 saturated heterocycles. The summed E-state index contributed by atoms with van der Waals surface area (Å²) in [5.41, 5.74) is -0.0927. The van der Waals surface area contributed by atoms with Gasteiger partial charge in [0, 0.05) is 6.54 Å². The standard InChI is InChI=1S/C15H14ClN3O2/c1-2-9-19-14(20)12(11-6-4-3-5-7-11)13(16)18(10-8-17)15(19)21/h3-7H,2,9-10H2,1H3. The highest BCUT2D eigenvalue weighted by atomic mass is 35.5. The van der Waals surface area contributed by atoms with Crippen LogP contribution >= 0.6 is 11.6 Å². The van der Waals surface area contributed by atoms with Gasteiger partial charge in [0.05, 0.1) is 11.6 Å². The summed E-state index contributed by atoms with van der Waals surface area (Å²) in [6.45, 7) is 1.97. The number of benzene rings is 1. The van der Waals surface area contributed by atoms with E-state index < -0.39 is 11.2 Å². The van der Waals surface area contributed by atoms with Crippen molar-refractivity contribution in [1.82, 2.24) is 9.13 Å². The Morgan fingerprint density at radius 3 is 2.43 bits per heavy atom. The van der Waals surface area contributed by atoms with E-state index in [1.165, 1.54) is 0 Å². The van der Waals surface area contributed by atoms with E-state index in [0.717, 1.165) is 9.13 Å². The second-order valence-corrected chi connectivity index (χ2v) is 4.87. The van der Waals surface area contributed by atoms with Crippen molar-refractivity contribution in [3.63, 3.8) is 0 Å². The molecule has 0 bridgehead atoms. The van der Waals surface area contributed by atoms with Gasteiger partial charge in [0.25, 0.3) is 5.56 Å². The van der Waals surface area contributed by atoms with E-state index >= 15 is 0 Å². The van der Waals surface area contributed by atoms with Gasteiger partial charge in [-0.25, -0.2) is 4.79 Å². The summed E-state index contributed by atoms with van der Waals surface area (Å²) in [5.74, 6) is 0. The number of nitriles is 1. The molecule has 1 aromatic heterocycles. The Balaban J connectivity index is 2.85. The Bertz CT molecular complexity index is 801. The van der Waals surface area contributed by atoms with Crippen molar-refractivity contribution in [3.8, 4) is 17.2 Å². The highest BCUT2D eigenvalue weighted by molar-refractivity contribution is 6.32. The maximum absolute atomic E-state index is 12.5. The number of aromatic nitrogens is 2. The Kier molecular flexibility index (Phi) is 4.61. The fourth-order valence-electron chi connectivity index (χ4n) is 2.15. The summed E-state index contributed by atoms with van der Waals surface area (Å²) in [6, 6.07) is 10.8. The minimum Gasteiger partial charge on any atom is -0.269 e. The van der Waals surface area contributed by atoms with Crippen LogP contribution in [0.2, 0.25) is 5.15 Å². The molecule has 2 rings (SSSR count). The Morgan fingerprint density at radius 1 is 1.19 bits per heavy atom. The van der Waals surface area contributed by atoms with Crippen LogP contribution in [0.3, 0.4) is 0 Å². The Labute approximate surface area is 126 Å². The molecular formula is C15H14ClN3O2. The minimum atomic E-state index is -0.548. The second kappa shape index (κ2) is 6.42. The Hall–Kier alpha value is -2.32. The molecule has 0 saturated carbocycles. The van der Waals surface area contributed by atoms with Crippen LogP contribution in [0.4, 0.5) is 0 Å². The first kappa shape index (κ1) is 15.1. The van der Waals surface area contributed by atoms with Gasteiger partial charge in [-0.3, -0.25) is 13.9 Å². The molecule has 1 aromatic carbocycles. The molecule has 6 heteroatoms. The molecule has 0 N–H and O–H groups in total. The first-order chi connectivity index (χ1) is 10.1. The van der Waals surface area contributed by atoms with Crippen molar-refractivity contribution >= 4 is 11.6 Å². The first-order valence-corrected chi connectivity index (χ1v) is 6.95. The van der Waals surface area contributed by atoms with E-state index in [9.17, 15) is 9.59 Å². The van der Waals surface area contributed by atoms with E-state index in [0.29, 0.717) is 18.5 Å². The highest BCUT2D eigenvalue weighted by Crippen LogP contribution is 2.22. The molecule has 0 amide bonds. The second-order valence-electron chi connectivity index (χ2n) is 4.52. The molecule has 5 nitrogen and oxygen atoms in total. The number of nitrogens with zero attached hydrogens (tertiary/aromatic N) is 3. The lowest BCUT2D eigenvalue weighted by Gasteiger charge is -2.13. The summed E-state index contributed by atoms with van der Waals surface area (Å²) in [7, 11) is 0. The molecule has 0 aliphatic heterocycles. The Morgan fingerprint density at radius 2 is 1.86 bits per heavy atom. The van der Waals surface area contributed by atoms with Crippen LogP contribution in [0.5, 0.6) is 0 Å². The smallest absolute Gasteiger partial charge is 0.269 e. The molecule has 0 fully saturated rings. The molecule has 0 radical (unpaired) electrons. The highest BCUT2D eigenvalue weighted by Gasteiger charge is 2.18. The van der Waals surface area contributed by atoms with Gasteiger partial charge in [0.15, 0.2) is 0 Å². The maximum Gasteiger partial charge on any atom is 0.333 e. The van der Waals surface area contributed by atoms with Crippen LogP contribution in [-0.2, 0) is 13.1 Å². The molecule has 108 valence electrons. The lowest BCUT2D eigenvalue weighted by molar-refractivity contribution is 0.573. The molecule has 0 aliphatic rings. The molecular weight excluding hydrogens is 290 g/mol. The normalized spacial score (nSPS) is 10.3. The van der Waals surface area contributed by atoms with Gasteiger partial charge in [-0.15, -0.1) is 0 Å². The predicted molar refractivity (Wildman–Crippen MR) is 81.3 cm³/mol. The topological polar surface area (TPSA) is 67.8 Å². The molecule has 0 spiro atoms. The predicted octanol–water partition coefficient (Wildman–Crippen LogP) is 2.26. The minimum absolute atomic E-state index is 0.00473. The van der Waals surface area contributed by atoms with E-state index in [-0.39, 0.29) is 17.3 Å². The SMILES string of the molecule is CCCn1c(=O)c(-c2ccccc2)c(Cl)n(CC#N)c1=O. The van der Waals surface area contributed by atoms with Crippen LogP contribution in [0.15, 0.2) is 39.9 Å². The van der Waals surface area contributed by atoms with Gasteiger partial charge < -0.3 is 0 Å². The van der Waals surface area contributed by atoms with Crippen LogP contribution in [0, 0.1) is 11.3 Å². The van der Waals surface area contributed by atoms with Gasteiger partial charge in [0.2, 0.25) is 0 Å². The zero-order chi connectivity index (χ0) is 15.4. The van der Waals surface area contributed by atoms with Crippen molar-refractivity contribution in [2.24, 2.45) is 0 Å². The molecule has 0 unspecified atom stereocenters. The third-order valence-electron chi connectivity index (χ3n) is 3.10. The quantitative estimate of drug-likeness (QED) is 0.814. The van der Waals surface area contributed by atoms with Gasteiger partial charge in [0.1, 0.15) is 11.7 Å². The summed E-state index contributed by atoms with van der Waals surface area (Å²) in [5, 5.41) is 8.87. The third-order valence-corrected chi connectivity index (χ3v) is 3.50. The maximum atomic E-state index is 12.5. The van der Waals surface area contributed by atoms with Crippen LogP contribution in [0.25, 0.3) is 11.1 Å². The van der Waals surface area contributed by atoms with Crippen molar-refractivity contribution in [2.45, 2.75) is 26.4 Å². The summed E-state index contributed by atoms with van der Waals surface area (Å²) in [4.78, 5) is 24.8. The van der Waals surface area contributed by atoms with E-state index in [1.807, 2.05) is 19.1 Å². The van der Waals surface area contributed by atoms with Gasteiger partial charge in [-0.2, -0.15) is 5.26 Å². The molecule has 21 heavy (non-hydrogen) atoms. The van der Waals surface area contributed by atoms with Crippen molar-refractivity contribution in [1.29, 1.82) is 5.26 Å². The van der Waals surface area contributed by atoms with Gasteiger partial charge in [-0.1, -0.05) is 48.9 Å². The molecule has 0 atom stereocenters. The first-order valence-electron chi connectivity index (χ1n) is 6.57. The monoisotopic (exact) mass is 303 g/mol. The van der Waals surface area contributed by atoms with Crippen LogP contribution < -0.4 is 11.2 Å². The third kappa shape index (κ3) is 2.76. The van der Waals surface area contributed by atoms with E-state index in [1.54, 1.807) is 24.3 Å². The van der Waals surface area contributed by atoms with E-state index in [2.05, 4.69) is 0 Å². The lowest BCUT2D eigenvalue weighted by atomic mass is 10.1. The largest absolute Gasteiger partial charge is 0.333 e. The summed E-state index contributed by atoms with van der Waals surface area (Å²) >= 11 is 6.20. The fourth-order valence-corrected chi connectivity index (χ4v) is 2.47. The molecule has 2 aromatic rings. The average Bonchev–Trinajstić information content (AvgIpc) is 2.49. The zero-order valence-corrected chi connectivity index (χ0v) is 12.3. The molecule has 1 heterocycles. The number of halogens is 1. The van der Waals surface area contributed by atoms with Crippen LogP contribution in [-0.4, -0.2) is 9.13 Å². The van der Waals surface area contributed by atoms with Gasteiger partial charge >= 0.3 is 5.69 Å². The van der Waals surface area contributed by atoms with Gasteiger partial charge in [-0.05, 0) is 12.0 Å². The lowest BCUT2D eigenvalue weighted by Crippen LogP contribution is -2.41. The summed E-state index contributed by atoms with van der Waals surface area (Å²) in [6.07, 6.45) is 0.636. The molecule has 0 aliphatic carbocycles. The number of hydrogen-bond donors (Lipinski definition) is 0. The average molecular weight is 304 g/mol.